The number of rotatable bonds is 7. The number of carbonyl (C=O) groups is 2. The van der Waals surface area contributed by atoms with Crippen molar-refractivity contribution >= 4 is 34.8 Å². The quantitative estimate of drug-likeness (QED) is 0.529. The molecule has 0 unspecified atom stereocenters. The van der Waals surface area contributed by atoms with E-state index in [2.05, 4.69) is 10.6 Å². The molecular formula is C24H23ClN2O4. The Morgan fingerprint density at radius 2 is 1.68 bits per heavy atom. The summed E-state index contributed by atoms with van der Waals surface area (Å²) in [5, 5.41) is 6.19. The van der Waals surface area contributed by atoms with Crippen molar-refractivity contribution in [3.05, 3.63) is 82.4 Å². The van der Waals surface area contributed by atoms with Gasteiger partial charge in [0.1, 0.15) is 11.5 Å². The van der Waals surface area contributed by atoms with Crippen LogP contribution in [0.1, 0.15) is 21.5 Å². The molecule has 0 aromatic heterocycles. The van der Waals surface area contributed by atoms with Crippen LogP contribution in [0.5, 0.6) is 11.5 Å². The van der Waals surface area contributed by atoms with Crippen LogP contribution in [0.3, 0.4) is 0 Å². The zero-order chi connectivity index (χ0) is 22.4. The standard InChI is InChI=1S/C24H23ClN2O4/c1-15-7-12-22(30-3)21(13-15)27-24(29)17-8-10-18(11-9-17)31-14-23(28)26-20-6-4-5-19(25)16(20)2/h4-13H,14H2,1-3H3,(H,26,28)(H,27,29). The molecule has 2 N–H and O–H groups in total. The van der Waals surface area contributed by atoms with Gasteiger partial charge in [-0.25, -0.2) is 0 Å². The maximum absolute atomic E-state index is 12.6. The van der Waals surface area contributed by atoms with Gasteiger partial charge in [0.2, 0.25) is 0 Å². The molecule has 0 saturated heterocycles. The van der Waals surface area contributed by atoms with E-state index in [0.717, 1.165) is 11.1 Å². The fraction of sp³-hybridized carbons (Fsp3) is 0.167. The Morgan fingerprint density at radius 3 is 2.39 bits per heavy atom. The van der Waals surface area contributed by atoms with Gasteiger partial charge in [0, 0.05) is 16.3 Å². The molecule has 0 aliphatic carbocycles. The SMILES string of the molecule is COc1ccc(C)cc1NC(=O)c1ccc(OCC(=O)Nc2cccc(Cl)c2C)cc1. The van der Waals surface area contributed by atoms with E-state index in [1.165, 1.54) is 0 Å². The minimum Gasteiger partial charge on any atom is -0.495 e. The number of halogens is 1. The van der Waals surface area contributed by atoms with Crippen LogP contribution in [0, 0.1) is 13.8 Å². The van der Waals surface area contributed by atoms with E-state index in [4.69, 9.17) is 21.1 Å². The largest absolute Gasteiger partial charge is 0.495 e. The molecule has 3 rings (SSSR count). The fourth-order valence-electron chi connectivity index (χ4n) is 2.89. The molecule has 0 atom stereocenters. The average molecular weight is 439 g/mol. The number of ether oxygens (including phenoxy) is 2. The number of nitrogens with one attached hydrogen (secondary N) is 2. The molecule has 3 aromatic carbocycles. The van der Waals surface area contributed by atoms with E-state index >= 15 is 0 Å². The first-order valence-electron chi connectivity index (χ1n) is 9.61. The molecule has 160 valence electrons. The van der Waals surface area contributed by atoms with E-state index in [-0.39, 0.29) is 18.4 Å². The summed E-state index contributed by atoms with van der Waals surface area (Å²) in [6.07, 6.45) is 0. The lowest BCUT2D eigenvalue weighted by Gasteiger charge is -2.12. The highest BCUT2D eigenvalue weighted by molar-refractivity contribution is 6.31. The molecule has 0 spiro atoms. The minimum atomic E-state index is -0.307. The van der Waals surface area contributed by atoms with Gasteiger partial charge >= 0.3 is 0 Å². The van der Waals surface area contributed by atoms with Crippen LogP contribution in [-0.2, 0) is 4.79 Å². The van der Waals surface area contributed by atoms with E-state index < -0.39 is 0 Å². The molecule has 0 heterocycles. The number of anilines is 2. The molecule has 6 nitrogen and oxygen atoms in total. The summed E-state index contributed by atoms with van der Waals surface area (Å²) >= 11 is 6.06. The van der Waals surface area contributed by atoms with Gasteiger partial charge in [-0.2, -0.15) is 0 Å². The second kappa shape index (κ2) is 10.00. The Labute approximate surface area is 186 Å². The first kappa shape index (κ1) is 22.2. The molecule has 31 heavy (non-hydrogen) atoms. The van der Waals surface area contributed by atoms with E-state index in [0.29, 0.717) is 33.5 Å². The van der Waals surface area contributed by atoms with Crippen LogP contribution in [0.4, 0.5) is 11.4 Å². The highest BCUT2D eigenvalue weighted by atomic mass is 35.5. The van der Waals surface area contributed by atoms with E-state index in [1.54, 1.807) is 55.6 Å². The monoisotopic (exact) mass is 438 g/mol. The maximum atomic E-state index is 12.6. The van der Waals surface area contributed by atoms with Crippen molar-refractivity contribution in [1.82, 2.24) is 0 Å². The van der Waals surface area contributed by atoms with Crippen molar-refractivity contribution in [2.75, 3.05) is 24.4 Å². The van der Waals surface area contributed by atoms with Gasteiger partial charge in [-0.15, -0.1) is 0 Å². The van der Waals surface area contributed by atoms with Crippen LogP contribution in [0.15, 0.2) is 60.7 Å². The summed E-state index contributed by atoms with van der Waals surface area (Å²) in [6, 6.07) is 17.4. The second-order valence-electron chi connectivity index (χ2n) is 6.93. The normalized spacial score (nSPS) is 10.3. The van der Waals surface area contributed by atoms with Crippen molar-refractivity contribution in [3.8, 4) is 11.5 Å². The zero-order valence-electron chi connectivity index (χ0n) is 17.5. The lowest BCUT2D eigenvalue weighted by molar-refractivity contribution is -0.118. The third-order valence-electron chi connectivity index (χ3n) is 4.63. The average Bonchev–Trinajstić information content (AvgIpc) is 2.76. The number of aryl methyl sites for hydroxylation is 1. The van der Waals surface area contributed by atoms with Crippen molar-refractivity contribution in [2.45, 2.75) is 13.8 Å². The molecule has 0 fully saturated rings. The van der Waals surface area contributed by atoms with Crippen molar-refractivity contribution < 1.29 is 19.1 Å². The van der Waals surface area contributed by atoms with Crippen molar-refractivity contribution in [2.24, 2.45) is 0 Å². The smallest absolute Gasteiger partial charge is 0.262 e. The number of amides is 2. The molecule has 7 heteroatoms. The highest BCUT2D eigenvalue weighted by Gasteiger charge is 2.11. The van der Waals surface area contributed by atoms with Gasteiger partial charge in [0.25, 0.3) is 11.8 Å². The molecule has 0 saturated carbocycles. The summed E-state index contributed by atoms with van der Waals surface area (Å²) in [4.78, 5) is 24.7. The van der Waals surface area contributed by atoms with Crippen LogP contribution in [0.2, 0.25) is 5.02 Å². The van der Waals surface area contributed by atoms with Crippen molar-refractivity contribution in [3.63, 3.8) is 0 Å². The summed E-state index contributed by atoms with van der Waals surface area (Å²) in [7, 11) is 1.55. The number of benzene rings is 3. The highest BCUT2D eigenvalue weighted by Crippen LogP contribution is 2.26. The first-order chi connectivity index (χ1) is 14.9. The van der Waals surface area contributed by atoms with Gasteiger partial charge in [-0.1, -0.05) is 23.7 Å². The fourth-order valence-corrected chi connectivity index (χ4v) is 3.07. The van der Waals surface area contributed by atoms with Gasteiger partial charge in [-0.05, 0) is 73.5 Å². The zero-order valence-corrected chi connectivity index (χ0v) is 18.2. The molecule has 0 bridgehead atoms. The Bertz CT molecular complexity index is 1100. The first-order valence-corrected chi connectivity index (χ1v) is 9.99. The molecule has 0 aliphatic heterocycles. The molecule has 2 amide bonds. The van der Waals surface area contributed by atoms with Gasteiger partial charge in [0.15, 0.2) is 6.61 Å². The van der Waals surface area contributed by atoms with Crippen LogP contribution >= 0.6 is 11.6 Å². The third kappa shape index (κ3) is 5.77. The number of hydrogen-bond acceptors (Lipinski definition) is 4. The molecule has 3 aromatic rings. The Hall–Kier alpha value is -3.51. The van der Waals surface area contributed by atoms with Gasteiger partial charge < -0.3 is 20.1 Å². The van der Waals surface area contributed by atoms with E-state index in [9.17, 15) is 9.59 Å². The lowest BCUT2D eigenvalue weighted by Crippen LogP contribution is -2.20. The number of carbonyl (C=O) groups excluding carboxylic acids is 2. The topological polar surface area (TPSA) is 76.7 Å². The third-order valence-corrected chi connectivity index (χ3v) is 5.04. The number of methoxy groups -OCH3 is 1. The summed E-state index contributed by atoms with van der Waals surface area (Å²) in [5.74, 6) is 0.478. The van der Waals surface area contributed by atoms with Crippen LogP contribution in [-0.4, -0.2) is 25.5 Å². The Balaban J connectivity index is 1.57. The molecular weight excluding hydrogens is 416 g/mol. The van der Waals surface area contributed by atoms with Crippen molar-refractivity contribution in [1.29, 1.82) is 0 Å². The number of hydrogen-bond donors (Lipinski definition) is 2. The Kier molecular flexibility index (Phi) is 7.15. The maximum Gasteiger partial charge on any atom is 0.262 e. The van der Waals surface area contributed by atoms with Gasteiger partial charge in [-0.3, -0.25) is 9.59 Å². The van der Waals surface area contributed by atoms with Gasteiger partial charge in [0.05, 0.1) is 12.8 Å². The van der Waals surface area contributed by atoms with E-state index in [1.807, 2.05) is 26.0 Å². The lowest BCUT2D eigenvalue weighted by atomic mass is 10.1. The van der Waals surface area contributed by atoms with Crippen LogP contribution < -0.4 is 20.1 Å². The summed E-state index contributed by atoms with van der Waals surface area (Å²) < 4.78 is 10.8. The Morgan fingerprint density at radius 1 is 0.935 bits per heavy atom. The summed E-state index contributed by atoms with van der Waals surface area (Å²) in [6.45, 7) is 3.60. The molecule has 0 aliphatic rings. The van der Waals surface area contributed by atoms with Crippen LogP contribution in [0.25, 0.3) is 0 Å². The second-order valence-corrected chi connectivity index (χ2v) is 7.34. The predicted molar refractivity (Wildman–Crippen MR) is 122 cm³/mol. The summed E-state index contributed by atoms with van der Waals surface area (Å²) in [5.41, 5.74) is 3.49. The minimum absolute atomic E-state index is 0.169. The predicted octanol–water partition coefficient (Wildman–Crippen LogP) is 5.24. The molecule has 0 radical (unpaired) electrons.